The number of aromatic amines is 1. The van der Waals surface area contributed by atoms with Crippen molar-refractivity contribution in [3.05, 3.63) is 66.0 Å². The van der Waals surface area contributed by atoms with Gasteiger partial charge < -0.3 is 15.5 Å². The molecule has 0 amide bonds. The van der Waals surface area contributed by atoms with Gasteiger partial charge in [-0.05, 0) is 17.7 Å². The molecule has 0 saturated carbocycles. The average Bonchev–Trinajstić information content (AvgIpc) is 2.93. The Balaban J connectivity index is 2.21. The smallest absolute Gasteiger partial charge is 0.137 e. The highest BCUT2D eigenvalue weighted by molar-refractivity contribution is 6.18. The van der Waals surface area contributed by atoms with E-state index in [1.54, 1.807) is 12.4 Å². The molecule has 2 heterocycles. The number of fused-ring (bicyclic) bond motifs is 1. The molecule has 0 aliphatic carbocycles. The lowest BCUT2D eigenvalue weighted by molar-refractivity contribution is 0.515. The second-order valence-corrected chi connectivity index (χ2v) is 4.37. The monoisotopic (exact) mass is 263 g/mol. The zero-order valence-corrected chi connectivity index (χ0v) is 10.7. The number of nitrogens with zero attached hydrogens (tertiary/aromatic N) is 1. The Hall–Kier alpha value is -2.88. The predicted molar refractivity (Wildman–Crippen MR) is 80.8 cm³/mol. The molecule has 0 atom stereocenters. The average molecular weight is 263 g/mol. The highest BCUT2D eigenvalue weighted by atomic mass is 16.3. The van der Waals surface area contributed by atoms with E-state index in [1.807, 2.05) is 42.5 Å². The molecular formula is C16H13N3O. The molecule has 1 aromatic carbocycles. The van der Waals surface area contributed by atoms with E-state index >= 15 is 0 Å². The van der Waals surface area contributed by atoms with Crippen LogP contribution in [0.25, 0.3) is 22.4 Å². The van der Waals surface area contributed by atoms with Crippen molar-refractivity contribution >= 4 is 28.6 Å². The van der Waals surface area contributed by atoms with Gasteiger partial charge in [-0.1, -0.05) is 30.3 Å². The number of nitrogens with one attached hydrogen (secondary N) is 2. The van der Waals surface area contributed by atoms with Crippen LogP contribution in [0.5, 0.6) is 0 Å². The molecule has 3 aromatic rings. The van der Waals surface area contributed by atoms with Gasteiger partial charge in [0.1, 0.15) is 11.4 Å². The van der Waals surface area contributed by atoms with Crippen LogP contribution in [0.2, 0.25) is 0 Å². The third-order valence-corrected chi connectivity index (χ3v) is 3.19. The number of benzene rings is 1. The number of hydrogen-bond acceptors (Lipinski definition) is 3. The van der Waals surface area contributed by atoms with Gasteiger partial charge in [0.05, 0.1) is 0 Å². The van der Waals surface area contributed by atoms with Crippen LogP contribution in [-0.4, -0.2) is 21.3 Å². The maximum absolute atomic E-state index is 10.5. The normalized spacial score (nSPS) is 12.2. The summed E-state index contributed by atoms with van der Waals surface area (Å²) >= 11 is 0. The molecular weight excluding hydrogens is 250 g/mol. The first kappa shape index (κ1) is 12.2. The molecule has 20 heavy (non-hydrogen) atoms. The molecule has 4 nitrogen and oxygen atoms in total. The number of allylic oxidation sites excluding steroid dienone is 1. The van der Waals surface area contributed by atoms with Gasteiger partial charge in [-0.15, -0.1) is 0 Å². The number of hydrogen-bond donors (Lipinski definition) is 3. The largest absolute Gasteiger partial charge is 0.507 e. The van der Waals surface area contributed by atoms with Crippen LogP contribution in [0, 0.1) is 5.41 Å². The van der Waals surface area contributed by atoms with Crippen LogP contribution in [0.1, 0.15) is 11.1 Å². The van der Waals surface area contributed by atoms with E-state index < -0.39 is 0 Å². The molecule has 98 valence electrons. The highest BCUT2D eigenvalue weighted by Gasteiger charge is 2.13. The number of aromatic nitrogens is 2. The lowest BCUT2D eigenvalue weighted by Crippen LogP contribution is -1.92. The van der Waals surface area contributed by atoms with Crippen molar-refractivity contribution in [2.24, 2.45) is 0 Å². The molecule has 3 N–H and O–H groups in total. The second kappa shape index (κ2) is 5.01. The van der Waals surface area contributed by atoms with E-state index in [9.17, 15) is 5.11 Å². The van der Waals surface area contributed by atoms with E-state index in [2.05, 4.69) is 9.97 Å². The lowest BCUT2D eigenvalue weighted by atomic mass is 10.0. The van der Waals surface area contributed by atoms with Crippen LogP contribution in [0.4, 0.5) is 0 Å². The number of H-pyrrole nitrogens is 1. The van der Waals surface area contributed by atoms with E-state index in [4.69, 9.17) is 5.41 Å². The Labute approximate surface area is 115 Å². The molecule has 0 saturated heterocycles. The first-order chi connectivity index (χ1) is 9.81. The molecule has 0 spiro atoms. The van der Waals surface area contributed by atoms with Crippen LogP contribution < -0.4 is 0 Å². The molecule has 0 aliphatic rings. The van der Waals surface area contributed by atoms with Crippen molar-refractivity contribution < 1.29 is 5.11 Å². The van der Waals surface area contributed by atoms with Gasteiger partial charge in [0.25, 0.3) is 0 Å². The Morgan fingerprint density at radius 3 is 2.70 bits per heavy atom. The fraction of sp³-hybridized carbons (Fsp3) is 0. The minimum absolute atomic E-state index is 0.0745. The molecule has 0 bridgehead atoms. The summed E-state index contributed by atoms with van der Waals surface area (Å²) in [5, 5.41) is 18.9. The van der Waals surface area contributed by atoms with Crippen molar-refractivity contribution in [1.29, 1.82) is 5.41 Å². The summed E-state index contributed by atoms with van der Waals surface area (Å²) in [4.78, 5) is 7.21. The number of aliphatic hydroxyl groups is 1. The van der Waals surface area contributed by atoms with Crippen molar-refractivity contribution in [3.63, 3.8) is 0 Å². The fourth-order valence-corrected chi connectivity index (χ4v) is 2.20. The van der Waals surface area contributed by atoms with Crippen LogP contribution in [0.3, 0.4) is 0 Å². The molecule has 0 aliphatic heterocycles. The van der Waals surface area contributed by atoms with Gasteiger partial charge in [0.15, 0.2) is 0 Å². The minimum Gasteiger partial charge on any atom is -0.507 e. The summed E-state index contributed by atoms with van der Waals surface area (Å²) in [5.41, 5.74) is 2.65. The maximum Gasteiger partial charge on any atom is 0.137 e. The lowest BCUT2D eigenvalue weighted by Gasteiger charge is -2.06. The molecule has 2 aromatic heterocycles. The zero-order valence-electron chi connectivity index (χ0n) is 10.7. The van der Waals surface area contributed by atoms with Gasteiger partial charge in [-0.2, -0.15) is 0 Å². The molecule has 0 radical (unpaired) electrons. The van der Waals surface area contributed by atoms with Crippen molar-refractivity contribution in [2.45, 2.75) is 0 Å². The Morgan fingerprint density at radius 1 is 1.15 bits per heavy atom. The van der Waals surface area contributed by atoms with E-state index in [0.29, 0.717) is 16.8 Å². The van der Waals surface area contributed by atoms with E-state index in [0.717, 1.165) is 10.9 Å². The summed E-state index contributed by atoms with van der Waals surface area (Å²) in [7, 11) is 0. The molecule has 4 heteroatoms. The quantitative estimate of drug-likeness (QED) is 0.498. The number of aliphatic hydroxyl groups excluding tert-OH is 1. The molecule has 3 rings (SSSR count). The standard InChI is InChI=1S/C16H13N3O/c17-9-13(11-5-2-1-3-6-11)15(20)14-10-19-16-12(14)7-4-8-18-16/h1-10,17,20H,(H,18,19)/b15-13+,17-9?. The minimum atomic E-state index is 0.0745. The van der Waals surface area contributed by atoms with Crippen LogP contribution in [-0.2, 0) is 0 Å². The zero-order chi connectivity index (χ0) is 13.9. The van der Waals surface area contributed by atoms with E-state index in [1.165, 1.54) is 6.21 Å². The van der Waals surface area contributed by atoms with Gasteiger partial charge in [0.2, 0.25) is 0 Å². The maximum atomic E-state index is 10.5. The van der Waals surface area contributed by atoms with Crippen molar-refractivity contribution in [3.8, 4) is 0 Å². The van der Waals surface area contributed by atoms with E-state index in [-0.39, 0.29) is 5.76 Å². The third-order valence-electron chi connectivity index (χ3n) is 3.19. The topological polar surface area (TPSA) is 72.8 Å². The van der Waals surface area contributed by atoms with Gasteiger partial charge in [-0.25, -0.2) is 4.98 Å². The molecule has 0 fully saturated rings. The Kier molecular flexibility index (Phi) is 3.05. The number of pyridine rings is 1. The first-order valence-corrected chi connectivity index (χ1v) is 6.23. The van der Waals surface area contributed by atoms with Gasteiger partial charge in [0, 0.05) is 35.1 Å². The van der Waals surface area contributed by atoms with Crippen LogP contribution >= 0.6 is 0 Å². The SMILES string of the molecule is N=C/C(=C(\O)c1c[nH]c2ncccc12)c1ccccc1. The fourth-order valence-electron chi connectivity index (χ4n) is 2.20. The summed E-state index contributed by atoms with van der Waals surface area (Å²) in [6.07, 6.45) is 4.57. The summed E-state index contributed by atoms with van der Waals surface area (Å²) in [5.74, 6) is 0.0745. The summed E-state index contributed by atoms with van der Waals surface area (Å²) < 4.78 is 0. The summed E-state index contributed by atoms with van der Waals surface area (Å²) in [6.45, 7) is 0. The van der Waals surface area contributed by atoms with Crippen molar-refractivity contribution in [1.82, 2.24) is 9.97 Å². The third kappa shape index (κ3) is 1.97. The van der Waals surface area contributed by atoms with Gasteiger partial charge in [-0.3, -0.25) is 0 Å². The van der Waals surface area contributed by atoms with Crippen molar-refractivity contribution in [2.75, 3.05) is 0 Å². The number of rotatable bonds is 3. The van der Waals surface area contributed by atoms with Gasteiger partial charge >= 0.3 is 0 Å². The highest BCUT2D eigenvalue weighted by Crippen LogP contribution is 2.27. The summed E-state index contributed by atoms with van der Waals surface area (Å²) in [6, 6.07) is 13.1. The Morgan fingerprint density at radius 2 is 1.95 bits per heavy atom. The molecule has 0 unspecified atom stereocenters. The Bertz CT molecular complexity index is 788. The second-order valence-electron chi connectivity index (χ2n) is 4.37. The first-order valence-electron chi connectivity index (χ1n) is 6.23. The van der Waals surface area contributed by atoms with Crippen LogP contribution in [0.15, 0.2) is 54.9 Å². The predicted octanol–water partition coefficient (Wildman–Crippen LogP) is 3.64.